The summed E-state index contributed by atoms with van der Waals surface area (Å²) in [6.45, 7) is 0.722. The Morgan fingerprint density at radius 3 is 2.30 bits per heavy atom. The molecule has 0 amide bonds. The number of aryl methyl sites for hydroxylation is 1. The van der Waals surface area contributed by atoms with Gasteiger partial charge in [-0.2, -0.15) is 0 Å². The van der Waals surface area contributed by atoms with E-state index in [1.165, 1.54) is 16.5 Å². The summed E-state index contributed by atoms with van der Waals surface area (Å²) in [6.07, 6.45) is 2.74. The second-order valence-electron chi connectivity index (χ2n) is 7.83. The Morgan fingerprint density at radius 1 is 0.867 bits per heavy atom. The first kappa shape index (κ1) is 19.1. The molecule has 0 spiro atoms. The molecular formula is C25H24N2O2S. The minimum Gasteiger partial charge on any atom is -0.338 e. The molecule has 5 heteroatoms. The van der Waals surface area contributed by atoms with Gasteiger partial charge in [0, 0.05) is 23.1 Å². The van der Waals surface area contributed by atoms with Crippen LogP contribution in [0.25, 0.3) is 10.9 Å². The summed E-state index contributed by atoms with van der Waals surface area (Å²) >= 11 is 0. The average molecular weight is 417 g/mol. The first-order chi connectivity index (χ1) is 14.6. The number of para-hydroxylation sites is 1. The van der Waals surface area contributed by atoms with Crippen molar-refractivity contribution in [2.75, 3.05) is 0 Å². The molecular weight excluding hydrogens is 392 g/mol. The molecule has 0 bridgehead atoms. The van der Waals surface area contributed by atoms with E-state index in [2.05, 4.69) is 45.7 Å². The lowest BCUT2D eigenvalue weighted by Gasteiger charge is -2.26. The molecule has 4 aromatic rings. The zero-order valence-corrected chi connectivity index (χ0v) is 17.5. The maximum absolute atomic E-state index is 13.1. The minimum atomic E-state index is -3.59. The van der Waals surface area contributed by atoms with Crippen LogP contribution < -0.4 is 4.72 Å². The average Bonchev–Trinajstić information content (AvgIpc) is 3.10. The van der Waals surface area contributed by atoms with E-state index >= 15 is 0 Å². The first-order valence-corrected chi connectivity index (χ1v) is 11.8. The highest BCUT2D eigenvalue weighted by Crippen LogP contribution is 2.38. The summed E-state index contributed by atoms with van der Waals surface area (Å²) in [4.78, 5) is 0.308. The summed E-state index contributed by atoms with van der Waals surface area (Å²) in [5.41, 5.74) is 4.74. The van der Waals surface area contributed by atoms with E-state index in [-0.39, 0.29) is 6.04 Å². The Morgan fingerprint density at radius 2 is 1.53 bits per heavy atom. The molecule has 3 aromatic carbocycles. The molecule has 1 N–H and O–H groups in total. The predicted octanol–water partition coefficient (Wildman–Crippen LogP) is 5.05. The number of aromatic nitrogens is 1. The largest absolute Gasteiger partial charge is 0.338 e. The van der Waals surface area contributed by atoms with Gasteiger partial charge in [-0.1, -0.05) is 66.7 Å². The quantitative estimate of drug-likeness (QED) is 0.495. The van der Waals surface area contributed by atoms with Gasteiger partial charge < -0.3 is 4.57 Å². The maximum Gasteiger partial charge on any atom is 0.241 e. The van der Waals surface area contributed by atoms with Crippen molar-refractivity contribution < 1.29 is 8.42 Å². The first-order valence-electron chi connectivity index (χ1n) is 10.3. The van der Waals surface area contributed by atoms with Crippen molar-refractivity contribution in [3.05, 3.63) is 102 Å². The van der Waals surface area contributed by atoms with Gasteiger partial charge in [-0.15, -0.1) is 0 Å². The number of hydrogen-bond donors (Lipinski definition) is 1. The van der Waals surface area contributed by atoms with Crippen LogP contribution in [-0.2, 0) is 23.0 Å². The summed E-state index contributed by atoms with van der Waals surface area (Å²) in [5, 5.41) is 1.23. The smallest absolute Gasteiger partial charge is 0.241 e. The van der Waals surface area contributed by atoms with Gasteiger partial charge in [0.2, 0.25) is 10.0 Å². The minimum absolute atomic E-state index is 0.241. The second-order valence-corrected chi connectivity index (χ2v) is 9.55. The van der Waals surface area contributed by atoms with Crippen molar-refractivity contribution in [3.8, 4) is 0 Å². The van der Waals surface area contributed by atoms with E-state index in [0.717, 1.165) is 37.0 Å². The molecule has 0 saturated heterocycles. The standard InChI is InChI=1S/C25H24N2O2S/c28-30(29,20-12-5-2-6-13-20)26-23-16-9-15-22-21-14-7-8-17-24(21)27(25(22)23)18-19-10-3-1-4-11-19/h1-8,10-14,17,23,26H,9,15-16,18H2. The second kappa shape index (κ2) is 7.74. The fourth-order valence-corrected chi connectivity index (χ4v) is 5.84. The summed E-state index contributed by atoms with van der Waals surface area (Å²) < 4.78 is 31.5. The zero-order valence-electron chi connectivity index (χ0n) is 16.7. The van der Waals surface area contributed by atoms with E-state index in [1.54, 1.807) is 24.3 Å². The molecule has 1 unspecified atom stereocenters. The molecule has 0 fully saturated rings. The zero-order chi connectivity index (χ0) is 20.6. The number of sulfonamides is 1. The van der Waals surface area contributed by atoms with Gasteiger partial charge in [-0.25, -0.2) is 13.1 Å². The van der Waals surface area contributed by atoms with Gasteiger partial charge in [-0.05, 0) is 48.6 Å². The SMILES string of the molecule is O=S(=O)(NC1CCCc2c1n(Cc1ccccc1)c1ccccc21)c1ccccc1. The van der Waals surface area contributed by atoms with Gasteiger partial charge >= 0.3 is 0 Å². The van der Waals surface area contributed by atoms with Crippen molar-refractivity contribution in [2.24, 2.45) is 0 Å². The van der Waals surface area contributed by atoms with Gasteiger partial charge in [0.1, 0.15) is 0 Å². The maximum atomic E-state index is 13.1. The summed E-state index contributed by atoms with van der Waals surface area (Å²) in [5.74, 6) is 0. The fourth-order valence-electron chi connectivity index (χ4n) is 4.58. The number of nitrogens with zero attached hydrogens (tertiary/aromatic N) is 1. The summed E-state index contributed by atoms with van der Waals surface area (Å²) in [6, 6.07) is 27.1. The fraction of sp³-hybridized carbons (Fsp3) is 0.200. The number of hydrogen-bond acceptors (Lipinski definition) is 2. The molecule has 1 aromatic heterocycles. The van der Waals surface area contributed by atoms with E-state index in [1.807, 2.05) is 24.3 Å². The Bertz CT molecular complexity index is 1280. The third kappa shape index (κ3) is 3.44. The predicted molar refractivity (Wildman–Crippen MR) is 120 cm³/mol. The van der Waals surface area contributed by atoms with Gasteiger partial charge in [0.05, 0.1) is 10.9 Å². The van der Waals surface area contributed by atoms with Crippen LogP contribution in [0.3, 0.4) is 0 Å². The third-order valence-corrected chi connectivity index (χ3v) is 7.39. The van der Waals surface area contributed by atoms with Gasteiger partial charge in [0.25, 0.3) is 0 Å². The lowest BCUT2D eigenvalue weighted by atomic mass is 9.92. The third-order valence-electron chi connectivity index (χ3n) is 5.90. The Hall–Kier alpha value is -2.89. The molecule has 1 aliphatic carbocycles. The molecule has 0 aliphatic heterocycles. The molecule has 1 heterocycles. The number of benzene rings is 3. The van der Waals surface area contributed by atoms with Crippen LogP contribution in [-0.4, -0.2) is 13.0 Å². The molecule has 1 atom stereocenters. The Kier molecular flexibility index (Phi) is 4.93. The number of fused-ring (bicyclic) bond motifs is 3. The van der Waals surface area contributed by atoms with Crippen molar-refractivity contribution in [1.29, 1.82) is 0 Å². The highest BCUT2D eigenvalue weighted by molar-refractivity contribution is 7.89. The van der Waals surface area contributed by atoms with Crippen molar-refractivity contribution in [1.82, 2.24) is 9.29 Å². The van der Waals surface area contributed by atoms with Crippen LogP contribution in [0.1, 0.15) is 35.7 Å². The molecule has 0 radical (unpaired) electrons. The molecule has 0 saturated carbocycles. The van der Waals surface area contributed by atoms with Crippen LogP contribution in [0.4, 0.5) is 0 Å². The monoisotopic (exact) mass is 416 g/mol. The van der Waals surface area contributed by atoms with Crippen molar-refractivity contribution in [3.63, 3.8) is 0 Å². The molecule has 30 heavy (non-hydrogen) atoms. The Labute approximate surface area is 177 Å². The van der Waals surface area contributed by atoms with Gasteiger partial charge in [-0.3, -0.25) is 0 Å². The van der Waals surface area contributed by atoms with E-state index < -0.39 is 10.0 Å². The Balaban J connectivity index is 1.62. The number of rotatable bonds is 5. The lowest BCUT2D eigenvalue weighted by Crippen LogP contribution is -2.32. The molecule has 5 rings (SSSR count). The van der Waals surface area contributed by atoms with Crippen LogP contribution in [0.2, 0.25) is 0 Å². The molecule has 1 aliphatic rings. The van der Waals surface area contributed by atoms with E-state index in [4.69, 9.17) is 0 Å². The van der Waals surface area contributed by atoms with Crippen LogP contribution in [0.5, 0.6) is 0 Å². The van der Waals surface area contributed by atoms with Crippen molar-refractivity contribution in [2.45, 2.75) is 36.7 Å². The van der Waals surface area contributed by atoms with Crippen LogP contribution in [0.15, 0.2) is 89.8 Å². The van der Waals surface area contributed by atoms with Crippen molar-refractivity contribution >= 4 is 20.9 Å². The topological polar surface area (TPSA) is 51.1 Å². The number of nitrogens with one attached hydrogen (secondary N) is 1. The van der Waals surface area contributed by atoms with Gasteiger partial charge in [0.15, 0.2) is 0 Å². The molecule has 152 valence electrons. The lowest BCUT2D eigenvalue weighted by molar-refractivity contribution is 0.484. The van der Waals surface area contributed by atoms with E-state index in [9.17, 15) is 8.42 Å². The highest BCUT2D eigenvalue weighted by atomic mass is 32.2. The normalized spacial score (nSPS) is 16.5. The van der Waals surface area contributed by atoms with E-state index in [0.29, 0.717) is 4.90 Å². The highest BCUT2D eigenvalue weighted by Gasteiger charge is 2.31. The summed E-state index contributed by atoms with van der Waals surface area (Å²) in [7, 11) is -3.59. The van der Waals surface area contributed by atoms with Crippen LogP contribution >= 0.6 is 0 Å². The molecule has 4 nitrogen and oxygen atoms in total. The van der Waals surface area contributed by atoms with Crippen LogP contribution in [0, 0.1) is 0 Å².